The SMILES string of the molecule is Nc1cccc(C(=O)Nc2c(Cl)cccc2C(F)(F)F)n1. The predicted molar refractivity (Wildman–Crippen MR) is 73.1 cm³/mol. The number of anilines is 2. The van der Waals surface area contributed by atoms with E-state index in [1.54, 1.807) is 0 Å². The number of nitrogens with one attached hydrogen (secondary N) is 1. The number of alkyl halides is 3. The van der Waals surface area contributed by atoms with Crippen molar-refractivity contribution in [1.29, 1.82) is 0 Å². The average Bonchev–Trinajstić information content (AvgIpc) is 2.39. The Balaban J connectivity index is 2.38. The molecule has 1 heterocycles. The van der Waals surface area contributed by atoms with Gasteiger partial charge in [0.25, 0.3) is 5.91 Å². The normalized spacial score (nSPS) is 11.2. The molecule has 0 radical (unpaired) electrons. The fraction of sp³-hybridized carbons (Fsp3) is 0.0769. The van der Waals surface area contributed by atoms with Gasteiger partial charge >= 0.3 is 6.18 Å². The molecule has 1 aromatic heterocycles. The summed E-state index contributed by atoms with van der Waals surface area (Å²) in [5.41, 5.74) is 3.77. The summed E-state index contributed by atoms with van der Waals surface area (Å²) in [6.07, 6.45) is -4.64. The second-order valence-electron chi connectivity index (χ2n) is 4.06. The number of benzene rings is 1. The van der Waals surface area contributed by atoms with E-state index in [1.165, 1.54) is 24.3 Å². The highest BCUT2D eigenvalue weighted by molar-refractivity contribution is 6.34. The summed E-state index contributed by atoms with van der Waals surface area (Å²) < 4.78 is 38.7. The molecule has 0 unspecified atom stereocenters. The summed E-state index contributed by atoms with van der Waals surface area (Å²) in [4.78, 5) is 15.7. The molecule has 0 aliphatic carbocycles. The van der Waals surface area contributed by atoms with Crippen molar-refractivity contribution in [2.75, 3.05) is 11.1 Å². The maximum Gasteiger partial charge on any atom is 0.418 e. The summed E-state index contributed by atoms with van der Waals surface area (Å²) in [7, 11) is 0. The van der Waals surface area contributed by atoms with Crippen LogP contribution in [0.25, 0.3) is 0 Å². The molecule has 0 spiro atoms. The van der Waals surface area contributed by atoms with Crippen molar-refractivity contribution in [3.8, 4) is 0 Å². The molecule has 0 atom stereocenters. The number of aromatic nitrogens is 1. The van der Waals surface area contributed by atoms with Crippen molar-refractivity contribution < 1.29 is 18.0 Å². The van der Waals surface area contributed by atoms with Crippen molar-refractivity contribution in [2.24, 2.45) is 0 Å². The van der Waals surface area contributed by atoms with Crippen molar-refractivity contribution in [1.82, 2.24) is 4.98 Å². The van der Waals surface area contributed by atoms with E-state index in [4.69, 9.17) is 17.3 Å². The third-order valence-electron chi connectivity index (χ3n) is 2.56. The number of pyridine rings is 1. The van der Waals surface area contributed by atoms with Crippen LogP contribution in [0.4, 0.5) is 24.7 Å². The van der Waals surface area contributed by atoms with Crippen molar-refractivity contribution in [3.05, 3.63) is 52.7 Å². The summed E-state index contributed by atoms with van der Waals surface area (Å²) >= 11 is 5.74. The maximum atomic E-state index is 12.9. The molecule has 0 bridgehead atoms. The first-order chi connectivity index (χ1) is 9.79. The molecule has 1 amide bonds. The van der Waals surface area contributed by atoms with E-state index < -0.39 is 23.3 Å². The minimum Gasteiger partial charge on any atom is -0.384 e. The quantitative estimate of drug-likeness (QED) is 0.890. The summed E-state index contributed by atoms with van der Waals surface area (Å²) in [5.74, 6) is -0.751. The third kappa shape index (κ3) is 3.43. The molecule has 3 N–H and O–H groups in total. The van der Waals surface area contributed by atoms with Crippen molar-refractivity contribution in [3.63, 3.8) is 0 Å². The van der Waals surface area contributed by atoms with Crippen LogP contribution in [0, 0.1) is 0 Å². The number of para-hydroxylation sites is 1. The Kier molecular flexibility index (Phi) is 4.04. The lowest BCUT2D eigenvalue weighted by Gasteiger charge is -2.15. The minimum atomic E-state index is -4.64. The molecular formula is C13H9ClF3N3O. The Bertz CT molecular complexity index is 689. The van der Waals surface area contributed by atoms with E-state index >= 15 is 0 Å². The Morgan fingerprint density at radius 1 is 1.19 bits per heavy atom. The average molecular weight is 316 g/mol. The van der Waals surface area contributed by atoms with Gasteiger partial charge in [0.1, 0.15) is 11.5 Å². The Labute approximate surface area is 122 Å². The second kappa shape index (κ2) is 5.61. The summed E-state index contributed by atoms with van der Waals surface area (Å²) in [6.45, 7) is 0. The van der Waals surface area contributed by atoms with E-state index in [2.05, 4.69) is 10.3 Å². The molecule has 1 aromatic carbocycles. The molecule has 0 aliphatic heterocycles. The number of nitrogens with zero attached hydrogens (tertiary/aromatic N) is 1. The number of amides is 1. The summed E-state index contributed by atoms with van der Waals surface area (Å²) in [6, 6.07) is 7.48. The standard InChI is InChI=1S/C13H9ClF3N3O/c14-8-4-1-3-7(13(15,16)17)11(8)20-12(21)9-5-2-6-10(18)19-9/h1-6H,(H2,18,19)(H,20,21). The number of hydrogen-bond acceptors (Lipinski definition) is 3. The van der Waals surface area contributed by atoms with Crippen LogP contribution in [0.1, 0.15) is 16.1 Å². The first kappa shape index (κ1) is 15.1. The molecule has 21 heavy (non-hydrogen) atoms. The van der Waals surface area contributed by atoms with Crippen LogP contribution < -0.4 is 11.1 Å². The van der Waals surface area contributed by atoms with Gasteiger partial charge in [0.05, 0.1) is 16.3 Å². The predicted octanol–water partition coefficient (Wildman–Crippen LogP) is 3.59. The van der Waals surface area contributed by atoms with Crippen LogP contribution in [0.5, 0.6) is 0 Å². The van der Waals surface area contributed by atoms with Crippen LogP contribution in [0.2, 0.25) is 5.02 Å². The van der Waals surface area contributed by atoms with Crippen LogP contribution in [0.3, 0.4) is 0 Å². The first-order valence-electron chi connectivity index (χ1n) is 5.68. The van der Waals surface area contributed by atoms with E-state index in [0.717, 1.165) is 12.1 Å². The smallest absolute Gasteiger partial charge is 0.384 e. The van der Waals surface area contributed by atoms with Crippen molar-refractivity contribution >= 4 is 29.0 Å². The topological polar surface area (TPSA) is 68.0 Å². The van der Waals surface area contributed by atoms with Gasteiger partial charge in [-0.3, -0.25) is 4.79 Å². The molecule has 2 aromatic rings. The van der Waals surface area contributed by atoms with Gasteiger partial charge in [-0.2, -0.15) is 13.2 Å². The Morgan fingerprint density at radius 2 is 1.86 bits per heavy atom. The third-order valence-corrected chi connectivity index (χ3v) is 2.88. The second-order valence-corrected chi connectivity index (χ2v) is 4.47. The fourth-order valence-corrected chi connectivity index (χ4v) is 1.86. The number of carbonyl (C=O) groups excluding carboxylic acids is 1. The van der Waals surface area contributed by atoms with Gasteiger partial charge in [0, 0.05) is 0 Å². The van der Waals surface area contributed by atoms with Gasteiger partial charge in [0.2, 0.25) is 0 Å². The van der Waals surface area contributed by atoms with Gasteiger partial charge in [-0.25, -0.2) is 4.98 Å². The molecule has 2 rings (SSSR count). The van der Waals surface area contributed by atoms with Crippen LogP contribution >= 0.6 is 11.6 Å². The number of nitrogen functional groups attached to an aromatic ring is 1. The van der Waals surface area contributed by atoms with Gasteiger partial charge in [-0.1, -0.05) is 23.7 Å². The van der Waals surface area contributed by atoms with Gasteiger partial charge in [-0.15, -0.1) is 0 Å². The van der Waals surface area contributed by atoms with Crippen molar-refractivity contribution in [2.45, 2.75) is 6.18 Å². The molecule has 0 fully saturated rings. The van der Waals surface area contributed by atoms with Gasteiger partial charge in [0.15, 0.2) is 0 Å². The molecule has 8 heteroatoms. The number of hydrogen-bond donors (Lipinski definition) is 2. The molecule has 0 aliphatic rings. The Hall–Kier alpha value is -2.28. The molecule has 110 valence electrons. The molecule has 4 nitrogen and oxygen atoms in total. The lowest BCUT2D eigenvalue weighted by molar-refractivity contribution is -0.136. The lowest BCUT2D eigenvalue weighted by Crippen LogP contribution is -2.18. The summed E-state index contributed by atoms with van der Waals surface area (Å²) in [5, 5.41) is 1.90. The number of nitrogens with two attached hydrogens (primary N) is 1. The first-order valence-corrected chi connectivity index (χ1v) is 6.06. The van der Waals surface area contributed by atoms with Crippen LogP contribution in [0.15, 0.2) is 36.4 Å². The van der Waals surface area contributed by atoms with Crippen LogP contribution in [-0.4, -0.2) is 10.9 Å². The molecular weight excluding hydrogens is 307 g/mol. The lowest BCUT2D eigenvalue weighted by atomic mass is 10.1. The zero-order valence-corrected chi connectivity index (χ0v) is 11.2. The minimum absolute atomic E-state index is 0.0813. The number of rotatable bonds is 2. The fourth-order valence-electron chi connectivity index (χ4n) is 1.64. The van der Waals surface area contributed by atoms with Crippen LogP contribution in [-0.2, 0) is 6.18 Å². The zero-order chi connectivity index (χ0) is 15.6. The van der Waals surface area contributed by atoms with Gasteiger partial charge in [-0.05, 0) is 24.3 Å². The highest BCUT2D eigenvalue weighted by Gasteiger charge is 2.34. The zero-order valence-electron chi connectivity index (χ0n) is 10.4. The Morgan fingerprint density at radius 3 is 2.48 bits per heavy atom. The van der Waals surface area contributed by atoms with E-state index in [-0.39, 0.29) is 16.5 Å². The van der Waals surface area contributed by atoms with E-state index in [0.29, 0.717) is 0 Å². The highest BCUT2D eigenvalue weighted by Crippen LogP contribution is 2.38. The van der Waals surface area contributed by atoms with Gasteiger partial charge < -0.3 is 11.1 Å². The highest BCUT2D eigenvalue weighted by atomic mass is 35.5. The maximum absolute atomic E-state index is 12.9. The monoisotopic (exact) mass is 315 g/mol. The van der Waals surface area contributed by atoms with E-state index in [9.17, 15) is 18.0 Å². The molecule has 0 saturated heterocycles. The largest absolute Gasteiger partial charge is 0.418 e. The number of carbonyl (C=O) groups is 1. The molecule has 0 saturated carbocycles. The van der Waals surface area contributed by atoms with E-state index in [1.807, 2.05) is 0 Å². The number of halogens is 4.